The first-order chi connectivity index (χ1) is 17.2. The van der Waals surface area contributed by atoms with Gasteiger partial charge in [-0.1, -0.05) is 23.2 Å². The number of aliphatic hydroxyl groups excluding tert-OH is 1. The lowest BCUT2D eigenvalue weighted by Gasteiger charge is -2.29. The van der Waals surface area contributed by atoms with Gasteiger partial charge in [-0.15, -0.1) is 11.3 Å². The van der Waals surface area contributed by atoms with E-state index < -0.39 is 11.9 Å². The van der Waals surface area contributed by atoms with E-state index in [0.717, 1.165) is 11.1 Å². The minimum atomic E-state index is -0.752. The zero-order valence-corrected chi connectivity index (χ0v) is 21.5. The average molecular weight is 550 g/mol. The Labute approximate surface area is 220 Å². The average Bonchev–Trinajstić information content (AvgIpc) is 3.51. The van der Waals surface area contributed by atoms with Crippen molar-refractivity contribution in [2.45, 2.75) is 32.0 Å². The molecule has 7 nitrogen and oxygen atoms in total. The molecule has 36 heavy (non-hydrogen) atoms. The molecular weight excluding hydrogens is 528 g/mol. The predicted molar refractivity (Wildman–Crippen MR) is 138 cm³/mol. The number of halogens is 3. The van der Waals surface area contributed by atoms with Crippen molar-refractivity contribution >= 4 is 57.2 Å². The number of fused-ring (bicyclic) bond motifs is 1. The van der Waals surface area contributed by atoms with Crippen LogP contribution >= 0.6 is 34.5 Å². The molecule has 0 saturated carbocycles. The number of anilines is 1. The Morgan fingerprint density at radius 3 is 2.86 bits per heavy atom. The summed E-state index contributed by atoms with van der Waals surface area (Å²) in [6.07, 6.45) is 3.19. The fourth-order valence-corrected chi connectivity index (χ4v) is 5.83. The number of rotatable bonds is 5. The predicted octanol–water partition coefficient (Wildman–Crippen LogP) is 6.32. The number of thiophene rings is 1. The van der Waals surface area contributed by atoms with Crippen molar-refractivity contribution in [2.24, 2.45) is 0 Å². The highest BCUT2D eigenvalue weighted by Crippen LogP contribution is 2.42. The Kier molecular flexibility index (Phi) is 6.82. The third-order valence-electron chi connectivity index (χ3n) is 6.25. The highest BCUT2D eigenvalue weighted by atomic mass is 35.5. The van der Waals surface area contributed by atoms with Gasteiger partial charge >= 0.3 is 0 Å². The number of aliphatic hydroxyl groups is 1. The number of aromatic nitrogens is 1. The van der Waals surface area contributed by atoms with E-state index in [1.54, 1.807) is 24.3 Å². The van der Waals surface area contributed by atoms with Gasteiger partial charge in [0.2, 0.25) is 5.75 Å². The van der Waals surface area contributed by atoms with E-state index in [4.69, 9.17) is 38.1 Å². The summed E-state index contributed by atoms with van der Waals surface area (Å²) in [5, 5.41) is 12.3. The maximum atomic E-state index is 14.0. The number of hydrogen-bond acceptors (Lipinski definition) is 7. The van der Waals surface area contributed by atoms with E-state index in [1.165, 1.54) is 23.5 Å². The Hall–Kier alpha value is -2.85. The lowest BCUT2D eigenvalue weighted by atomic mass is 10.1. The van der Waals surface area contributed by atoms with Crippen LogP contribution in [0.2, 0.25) is 10.0 Å². The number of nitrogens with zero attached hydrogens (tertiary/aromatic N) is 2. The number of ether oxygens (including phenoxy) is 1. The molecule has 1 atom stereocenters. The molecular formula is C25H22Cl2FN3O4S. The van der Waals surface area contributed by atoms with Crippen molar-refractivity contribution in [1.82, 2.24) is 9.88 Å². The molecule has 0 bridgehead atoms. The topological polar surface area (TPSA) is 102 Å². The first kappa shape index (κ1) is 24.8. The monoisotopic (exact) mass is 549 g/mol. The maximum absolute atomic E-state index is 14.0. The lowest BCUT2D eigenvalue weighted by molar-refractivity contribution is 0.0550. The van der Waals surface area contributed by atoms with Gasteiger partial charge in [0.1, 0.15) is 11.9 Å². The van der Waals surface area contributed by atoms with Crippen LogP contribution < -0.4 is 10.5 Å². The van der Waals surface area contributed by atoms with Crippen molar-refractivity contribution in [3.63, 3.8) is 0 Å². The van der Waals surface area contributed by atoms with Gasteiger partial charge in [-0.3, -0.25) is 4.79 Å². The fraction of sp³-hybridized carbons (Fsp3) is 0.280. The minimum absolute atomic E-state index is 0.0602. The van der Waals surface area contributed by atoms with Crippen molar-refractivity contribution in [1.29, 1.82) is 0 Å². The molecule has 1 aromatic carbocycles. The SMILES string of the molecule is C[C@@H](Oc1c(N)ncc2c(-c3csc(C(=O)N4CCC(O)CC4)c3)coc12)c1c(Cl)ccc(F)c1Cl. The summed E-state index contributed by atoms with van der Waals surface area (Å²) in [7, 11) is 0. The van der Waals surface area contributed by atoms with Crippen LogP contribution in [0.15, 0.2) is 40.5 Å². The Morgan fingerprint density at radius 1 is 1.36 bits per heavy atom. The number of furan rings is 1. The van der Waals surface area contributed by atoms with Crippen LogP contribution in [0.5, 0.6) is 5.75 Å². The smallest absolute Gasteiger partial charge is 0.263 e. The molecule has 1 amide bonds. The number of carbonyl (C=O) groups excluding carboxylic acids is 1. The number of nitrogens with two attached hydrogens (primary N) is 1. The molecule has 0 radical (unpaired) electrons. The van der Waals surface area contributed by atoms with Crippen molar-refractivity contribution in [3.8, 4) is 16.9 Å². The Balaban J connectivity index is 1.45. The number of carbonyl (C=O) groups is 1. The van der Waals surface area contributed by atoms with E-state index in [0.29, 0.717) is 41.8 Å². The molecule has 188 valence electrons. The van der Waals surface area contributed by atoms with Crippen LogP contribution in [-0.2, 0) is 0 Å². The van der Waals surface area contributed by atoms with Gasteiger partial charge in [-0.2, -0.15) is 0 Å². The molecule has 0 aliphatic carbocycles. The molecule has 5 rings (SSSR count). The van der Waals surface area contributed by atoms with E-state index in [2.05, 4.69) is 4.98 Å². The van der Waals surface area contributed by atoms with E-state index in [9.17, 15) is 14.3 Å². The summed E-state index contributed by atoms with van der Waals surface area (Å²) in [5.41, 5.74) is 8.26. The number of amides is 1. The second kappa shape index (κ2) is 9.89. The highest BCUT2D eigenvalue weighted by Gasteiger charge is 2.26. The molecule has 1 fully saturated rings. The highest BCUT2D eigenvalue weighted by molar-refractivity contribution is 7.12. The lowest BCUT2D eigenvalue weighted by Crippen LogP contribution is -2.39. The standard InChI is InChI=1S/C25H22Cl2FN3O4S/c1-12(20-17(26)2-3-18(28)21(20)27)35-23-22-15(9-30-24(23)29)16(10-34-22)13-8-19(36-11-13)25(33)31-6-4-14(32)5-7-31/h2-3,8-12,14,32H,4-7H2,1H3,(H2,29,30)/t12-/m1/s1. The van der Waals surface area contributed by atoms with Crippen molar-refractivity contribution in [2.75, 3.05) is 18.8 Å². The molecule has 3 aromatic heterocycles. The third kappa shape index (κ3) is 4.52. The quantitative estimate of drug-likeness (QED) is 0.282. The number of likely N-dealkylation sites (tertiary alicyclic amines) is 1. The van der Waals surface area contributed by atoms with Crippen LogP contribution in [0.25, 0.3) is 22.1 Å². The van der Waals surface area contributed by atoms with Crippen molar-refractivity contribution < 1.29 is 23.4 Å². The second-order valence-corrected chi connectivity index (χ2v) is 10.3. The second-order valence-electron chi connectivity index (χ2n) is 8.60. The maximum Gasteiger partial charge on any atom is 0.263 e. The molecule has 3 N–H and O–H groups in total. The number of nitrogen functional groups attached to an aromatic ring is 1. The van der Waals surface area contributed by atoms with Crippen LogP contribution in [-0.4, -0.2) is 40.1 Å². The molecule has 1 aliphatic heterocycles. The van der Waals surface area contributed by atoms with Gasteiger partial charge in [0.05, 0.1) is 27.7 Å². The number of piperidine rings is 1. The van der Waals surface area contributed by atoms with Gasteiger partial charge < -0.3 is 24.9 Å². The molecule has 11 heteroatoms. The molecule has 4 heterocycles. The van der Waals surface area contributed by atoms with Gasteiger partial charge in [-0.25, -0.2) is 9.37 Å². The molecule has 0 spiro atoms. The molecule has 0 unspecified atom stereocenters. The zero-order chi connectivity index (χ0) is 25.6. The Morgan fingerprint density at radius 2 is 2.11 bits per heavy atom. The van der Waals surface area contributed by atoms with E-state index >= 15 is 0 Å². The minimum Gasteiger partial charge on any atom is -0.478 e. The normalized spacial score (nSPS) is 15.4. The zero-order valence-electron chi connectivity index (χ0n) is 19.1. The van der Waals surface area contributed by atoms with Crippen LogP contribution in [0.4, 0.5) is 10.2 Å². The first-order valence-corrected chi connectivity index (χ1v) is 12.9. The molecule has 4 aromatic rings. The van der Waals surface area contributed by atoms with Crippen molar-refractivity contribution in [3.05, 3.63) is 62.3 Å². The number of benzene rings is 1. The van der Waals surface area contributed by atoms with E-state index in [1.807, 2.05) is 11.4 Å². The van der Waals surface area contributed by atoms with Crippen LogP contribution in [0.3, 0.4) is 0 Å². The summed E-state index contributed by atoms with van der Waals surface area (Å²) < 4.78 is 25.9. The first-order valence-electron chi connectivity index (χ1n) is 11.3. The number of pyridine rings is 1. The summed E-state index contributed by atoms with van der Waals surface area (Å²) >= 11 is 13.7. The Bertz CT molecular complexity index is 1450. The van der Waals surface area contributed by atoms with Gasteiger partial charge in [0.15, 0.2) is 11.4 Å². The summed E-state index contributed by atoms with van der Waals surface area (Å²) in [6, 6.07) is 4.41. The van der Waals surface area contributed by atoms with Gasteiger partial charge in [0.25, 0.3) is 5.91 Å². The van der Waals surface area contributed by atoms with Gasteiger partial charge in [0, 0.05) is 35.4 Å². The van der Waals surface area contributed by atoms with E-state index in [-0.39, 0.29) is 39.2 Å². The summed E-state index contributed by atoms with van der Waals surface area (Å²) in [4.78, 5) is 19.5. The van der Waals surface area contributed by atoms with Crippen LogP contribution in [0, 0.1) is 5.82 Å². The molecule has 1 aliphatic rings. The fourth-order valence-electron chi connectivity index (χ4n) is 4.28. The largest absolute Gasteiger partial charge is 0.478 e. The summed E-state index contributed by atoms with van der Waals surface area (Å²) in [6.45, 7) is 2.73. The third-order valence-corrected chi connectivity index (χ3v) is 7.89. The molecule has 1 saturated heterocycles. The number of hydrogen-bond donors (Lipinski definition) is 2. The van der Waals surface area contributed by atoms with Crippen LogP contribution in [0.1, 0.15) is 41.1 Å². The summed E-state index contributed by atoms with van der Waals surface area (Å²) in [5.74, 6) is -0.400. The van der Waals surface area contributed by atoms with Gasteiger partial charge in [-0.05, 0) is 48.9 Å².